The molecule has 1 atom stereocenters. The van der Waals surface area contributed by atoms with Crippen LogP contribution in [0.2, 0.25) is 9.36 Å². The van der Waals surface area contributed by atoms with Gasteiger partial charge in [0.25, 0.3) is 10.0 Å². The number of sulfonamides is 1. The van der Waals surface area contributed by atoms with Gasteiger partial charge >= 0.3 is 0 Å². The Hall–Kier alpha value is -2.01. The third kappa shape index (κ3) is 4.73. The summed E-state index contributed by atoms with van der Waals surface area (Å²) in [5.41, 5.74) is 2.51. The molecule has 0 bridgehead atoms. The van der Waals surface area contributed by atoms with E-state index in [0.717, 1.165) is 32.7 Å². The van der Waals surface area contributed by atoms with Gasteiger partial charge in [-0.25, -0.2) is 13.4 Å². The maximum Gasteiger partial charge on any atom is 0.253 e. The van der Waals surface area contributed by atoms with Crippen LogP contribution in [0, 0.1) is 6.92 Å². The van der Waals surface area contributed by atoms with E-state index in [1.54, 1.807) is 11.0 Å². The first-order valence-corrected chi connectivity index (χ1v) is 14.8. The predicted octanol–water partition coefficient (Wildman–Crippen LogP) is 6.36. The normalized spacial score (nSPS) is 16.7. The number of carbonyl (C=O) groups excluding carboxylic acids is 1. The lowest BCUT2D eigenvalue weighted by Crippen LogP contribution is -2.47. The van der Waals surface area contributed by atoms with Crippen LogP contribution in [0.1, 0.15) is 24.0 Å². The molecule has 0 radical (unpaired) electrons. The van der Waals surface area contributed by atoms with Gasteiger partial charge in [-0.15, -0.1) is 11.3 Å². The highest BCUT2D eigenvalue weighted by atomic mass is 35.5. The molecule has 4 aromatic rings. The van der Waals surface area contributed by atoms with Crippen LogP contribution >= 0.6 is 45.9 Å². The zero-order valence-corrected chi connectivity index (χ0v) is 22.6. The summed E-state index contributed by atoms with van der Waals surface area (Å²) in [5, 5.41) is 1.13. The number of aromatic nitrogens is 1. The van der Waals surface area contributed by atoms with E-state index in [1.807, 2.05) is 49.4 Å². The lowest BCUT2D eigenvalue weighted by Gasteiger charge is -2.28. The van der Waals surface area contributed by atoms with Gasteiger partial charge in [0.05, 0.1) is 21.1 Å². The molecule has 0 N–H and O–H groups in total. The van der Waals surface area contributed by atoms with Crippen molar-refractivity contribution in [1.29, 1.82) is 0 Å². The van der Waals surface area contributed by atoms with Crippen molar-refractivity contribution in [2.24, 2.45) is 0 Å². The van der Waals surface area contributed by atoms with Gasteiger partial charge in [0.1, 0.15) is 10.3 Å². The van der Waals surface area contributed by atoms with E-state index in [9.17, 15) is 13.2 Å². The Bertz CT molecular complexity index is 1500. The van der Waals surface area contributed by atoms with E-state index >= 15 is 0 Å². The summed E-state index contributed by atoms with van der Waals surface area (Å²) in [5.74, 6) is -0.291. The molecule has 182 valence electrons. The topological polar surface area (TPSA) is 70.6 Å². The minimum Gasteiger partial charge on any atom is -0.282 e. The van der Waals surface area contributed by atoms with Gasteiger partial charge in [0.2, 0.25) is 5.91 Å². The second-order valence-electron chi connectivity index (χ2n) is 8.26. The number of amides is 1. The summed E-state index contributed by atoms with van der Waals surface area (Å²) in [6.07, 6.45) is 1.04. The fraction of sp³-hybridized carbons (Fsp3) is 0.250. The molecule has 1 fully saturated rings. The van der Waals surface area contributed by atoms with Crippen LogP contribution in [-0.2, 0) is 21.4 Å². The lowest BCUT2D eigenvalue weighted by molar-refractivity contribution is -0.121. The Morgan fingerprint density at radius 3 is 2.60 bits per heavy atom. The van der Waals surface area contributed by atoms with E-state index in [1.165, 1.54) is 21.7 Å². The fourth-order valence-electron chi connectivity index (χ4n) is 4.22. The summed E-state index contributed by atoms with van der Waals surface area (Å²) in [4.78, 5) is 20.4. The van der Waals surface area contributed by atoms with Gasteiger partial charge in [-0.3, -0.25) is 9.69 Å². The van der Waals surface area contributed by atoms with Crippen molar-refractivity contribution in [3.63, 3.8) is 0 Å². The average molecular weight is 567 g/mol. The molecular weight excluding hydrogens is 545 g/mol. The molecule has 0 aliphatic carbocycles. The minimum absolute atomic E-state index is 0.141. The summed E-state index contributed by atoms with van der Waals surface area (Å²) in [7, 11) is -3.85. The largest absolute Gasteiger partial charge is 0.282 e. The van der Waals surface area contributed by atoms with Crippen LogP contribution in [-0.4, -0.2) is 36.2 Å². The van der Waals surface area contributed by atoms with Crippen molar-refractivity contribution in [3.8, 4) is 0 Å². The monoisotopic (exact) mass is 565 g/mol. The van der Waals surface area contributed by atoms with E-state index in [2.05, 4.69) is 0 Å². The van der Waals surface area contributed by atoms with Crippen LogP contribution in [0.15, 0.2) is 58.8 Å². The Morgan fingerprint density at radius 2 is 1.89 bits per heavy atom. The van der Waals surface area contributed by atoms with Crippen LogP contribution in [0.25, 0.3) is 10.2 Å². The molecule has 1 aliphatic heterocycles. The van der Waals surface area contributed by atoms with Crippen molar-refractivity contribution >= 4 is 77.2 Å². The Balaban J connectivity index is 1.54. The molecule has 2 aromatic heterocycles. The fourth-order valence-corrected chi connectivity index (χ4v) is 8.66. The van der Waals surface area contributed by atoms with Crippen LogP contribution < -0.4 is 4.90 Å². The molecule has 1 amide bonds. The van der Waals surface area contributed by atoms with E-state index in [-0.39, 0.29) is 23.2 Å². The number of thiophene rings is 1. The number of nitrogens with zero attached hydrogens (tertiary/aromatic N) is 3. The lowest BCUT2D eigenvalue weighted by atomic mass is 10.1. The Morgan fingerprint density at radius 1 is 1.11 bits per heavy atom. The molecule has 0 spiro atoms. The van der Waals surface area contributed by atoms with Gasteiger partial charge in [0.15, 0.2) is 5.13 Å². The SMILES string of the molecule is Cc1c(Cl)ccc2sc(N(Cc3ccccc3)C(=O)C3CCCN3S(=O)(=O)c3ccc(Cl)s3)nc12. The summed E-state index contributed by atoms with van der Waals surface area (Å²) in [6, 6.07) is 15.6. The summed E-state index contributed by atoms with van der Waals surface area (Å²) in [6.45, 7) is 2.46. The number of aryl methyl sites for hydroxylation is 1. The third-order valence-corrected chi connectivity index (χ3v) is 11.1. The number of fused-ring (bicyclic) bond motifs is 1. The number of hydrogen-bond acceptors (Lipinski definition) is 6. The standard InChI is InChI=1S/C24H21Cl2N3O3S3/c1-15-17(25)9-10-19-22(15)27-24(33-19)28(14-16-6-3-2-4-7-16)23(30)18-8-5-13-29(18)35(31,32)21-12-11-20(26)34-21/h2-4,6-7,9-12,18H,5,8,13-14H2,1H3. The highest BCUT2D eigenvalue weighted by molar-refractivity contribution is 7.91. The van der Waals surface area contributed by atoms with E-state index in [0.29, 0.717) is 27.3 Å². The highest BCUT2D eigenvalue weighted by Gasteiger charge is 2.42. The molecule has 1 unspecified atom stereocenters. The van der Waals surface area contributed by atoms with Gasteiger partial charge in [-0.1, -0.05) is 64.9 Å². The molecule has 11 heteroatoms. The van der Waals surface area contributed by atoms with E-state index in [4.69, 9.17) is 28.2 Å². The minimum atomic E-state index is -3.85. The van der Waals surface area contributed by atoms with Gasteiger partial charge in [-0.05, 0) is 55.2 Å². The average Bonchev–Trinajstić information content (AvgIpc) is 3.60. The third-order valence-electron chi connectivity index (χ3n) is 6.02. The number of thiazole rings is 1. The summed E-state index contributed by atoms with van der Waals surface area (Å²) >= 11 is 14.7. The predicted molar refractivity (Wildman–Crippen MR) is 143 cm³/mol. The molecule has 35 heavy (non-hydrogen) atoms. The van der Waals surface area contributed by atoms with Crippen molar-refractivity contribution < 1.29 is 13.2 Å². The first-order chi connectivity index (χ1) is 16.8. The van der Waals surface area contributed by atoms with Crippen molar-refractivity contribution in [2.45, 2.75) is 36.6 Å². The quantitative estimate of drug-likeness (QED) is 0.272. The van der Waals surface area contributed by atoms with Crippen LogP contribution in [0.4, 0.5) is 5.13 Å². The Labute approximate surface area is 221 Å². The molecular formula is C24H21Cl2N3O3S3. The smallest absolute Gasteiger partial charge is 0.253 e. The zero-order valence-electron chi connectivity index (χ0n) is 18.6. The molecule has 1 aliphatic rings. The summed E-state index contributed by atoms with van der Waals surface area (Å²) < 4.78 is 29.5. The molecule has 6 nitrogen and oxygen atoms in total. The molecule has 2 aromatic carbocycles. The first kappa shape index (κ1) is 24.7. The van der Waals surface area contributed by atoms with Crippen LogP contribution in [0.5, 0.6) is 0 Å². The number of hydrogen-bond donors (Lipinski definition) is 0. The van der Waals surface area contributed by atoms with Gasteiger partial charge in [-0.2, -0.15) is 4.31 Å². The number of anilines is 1. The number of carbonyl (C=O) groups is 1. The Kier molecular flexibility index (Phi) is 6.91. The number of benzene rings is 2. The van der Waals surface area contributed by atoms with Crippen molar-refractivity contribution in [2.75, 3.05) is 11.4 Å². The van der Waals surface area contributed by atoms with E-state index < -0.39 is 16.1 Å². The molecule has 5 rings (SSSR count). The first-order valence-electron chi connectivity index (χ1n) is 10.9. The molecule has 0 saturated carbocycles. The molecule has 3 heterocycles. The van der Waals surface area contributed by atoms with Crippen molar-refractivity contribution in [1.82, 2.24) is 9.29 Å². The highest BCUT2D eigenvalue weighted by Crippen LogP contribution is 2.37. The van der Waals surface area contributed by atoms with Gasteiger partial charge in [0, 0.05) is 11.6 Å². The maximum atomic E-state index is 14.0. The molecule has 1 saturated heterocycles. The van der Waals surface area contributed by atoms with Crippen LogP contribution in [0.3, 0.4) is 0 Å². The second-order valence-corrected chi connectivity index (χ2v) is 13.5. The zero-order chi connectivity index (χ0) is 24.7. The maximum absolute atomic E-state index is 14.0. The van der Waals surface area contributed by atoms with Crippen molar-refractivity contribution in [3.05, 3.63) is 75.1 Å². The second kappa shape index (κ2) is 9.80. The number of rotatable bonds is 6. The number of halogens is 2. The van der Waals surface area contributed by atoms with Gasteiger partial charge < -0.3 is 0 Å².